The number of nitrogens with one attached hydrogen (secondary N) is 2. The van der Waals surface area contributed by atoms with E-state index in [1.54, 1.807) is 6.20 Å². The van der Waals surface area contributed by atoms with E-state index in [2.05, 4.69) is 15.3 Å². The predicted octanol–water partition coefficient (Wildman–Crippen LogP) is 3.36. The lowest BCUT2D eigenvalue weighted by Crippen LogP contribution is -2.32. The Morgan fingerprint density at radius 2 is 1.96 bits per heavy atom. The second-order valence-electron chi connectivity index (χ2n) is 9.29. The molecule has 3 atom stereocenters. The van der Waals surface area contributed by atoms with Gasteiger partial charge in [-0.05, 0) is 81.2 Å². The third-order valence-electron chi connectivity index (χ3n) is 7.60. The van der Waals surface area contributed by atoms with Gasteiger partial charge in [0.05, 0.1) is 11.1 Å². The zero-order valence-electron chi connectivity index (χ0n) is 16.5. The molecule has 0 saturated heterocycles. The summed E-state index contributed by atoms with van der Waals surface area (Å²) in [6.07, 6.45) is 11.7. The molecule has 3 aliphatic rings. The molecule has 3 aliphatic carbocycles. The molecule has 0 aromatic carbocycles. The fourth-order valence-corrected chi connectivity index (χ4v) is 5.88. The van der Waals surface area contributed by atoms with Gasteiger partial charge >= 0.3 is 0 Å². The van der Waals surface area contributed by atoms with Crippen LogP contribution in [0.2, 0.25) is 0 Å². The van der Waals surface area contributed by atoms with Crippen molar-refractivity contribution in [3.05, 3.63) is 23.7 Å². The van der Waals surface area contributed by atoms with Crippen LogP contribution in [-0.2, 0) is 0 Å². The van der Waals surface area contributed by atoms with Crippen molar-refractivity contribution in [3.63, 3.8) is 0 Å². The van der Waals surface area contributed by atoms with E-state index in [1.807, 2.05) is 6.07 Å². The van der Waals surface area contributed by atoms with Gasteiger partial charge in [-0.15, -0.1) is 0 Å². The molecule has 2 aromatic rings. The van der Waals surface area contributed by atoms with Crippen molar-refractivity contribution in [1.82, 2.24) is 20.3 Å². The first-order valence-corrected chi connectivity index (χ1v) is 11.0. The average Bonchev–Trinajstić information content (AvgIpc) is 3.46. The maximum atomic E-state index is 12.9. The van der Waals surface area contributed by atoms with Gasteiger partial charge in [0.25, 0.3) is 5.91 Å². The van der Waals surface area contributed by atoms with E-state index in [-0.39, 0.29) is 5.91 Å². The van der Waals surface area contributed by atoms with Crippen LogP contribution in [0.25, 0.3) is 11.2 Å². The van der Waals surface area contributed by atoms with Crippen molar-refractivity contribution in [2.75, 3.05) is 13.1 Å². The van der Waals surface area contributed by atoms with Crippen molar-refractivity contribution < 1.29 is 4.79 Å². The molecule has 4 N–H and O–H groups in total. The number of carbonyl (C=O) groups is 1. The van der Waals surface area contributed by atoms with Gasteiger partial charge in [0, 0.05) is 18.7 Å². The highest BCUT2D eigenvalue weighted by Crippen LogP contribution is 2.52. The lowest BCUT2D eigenvalue weighted by Gasteiger charge is -2.27. The lowest BCUT2D eigenvalue weighted by molar-refractivity contribution is 0.0943. The largest absolute Gasteiger partial charge is 0.352 e. The van der Waals surface area contributed by atoms with E-state index in [0.717, 1.165) is 49.1 Å². The number of hydrogen-bond acceptors (Lipinski definition) is 4. The molecule has 28 heavy (non-hydrogen) atoms. The molecule has 0 spiro atoms. The van der Waals surface area contributed by atoms with E-state index in [0.29, 0.717) is 29.0 Å². The molecule has 3 unspecified atom stereocenters. The van der Waals surface area contributed by atoms with Crippen molar-refractivity contribution in [2.24, 2.45) is 29.4 Å². The number of amides is 1. The molecule has 5 rings (SSSR count). The highest BCUT2D eigenvalue weighted by molar-refractivity contribution is 6.04. The Hall–Kier alpha value is -1.95. The van der Waals surface area contributed by atoms with Crippen molar-refractivity contribution in [1.29, 1.82) is 0 Å². The molecule has 150 valence electrons. The van der Waals surface area contributed by atoms with E-state index in [4.69, 9.17) is 10.7 Å². The van der Waals surface area contributed by atoms with Crippen LogP contribution in [0.5, 0.6) is 0 Å². The first-order chi connectivity index (χ1) is 13.7. The SMILES string of the molecule is NCC1CCC(CNC(=O)c2ccnc3nc(C4CC5CCC4C5)[nH]c23)CC1. The molecule has 1 amide bonds. The number of carbonyl (C=O) groups excluding carboxylic acids is 1. The molecule has 2 heterocycles. The second-order valence-corrected chi connectivity index (χ2v) is 9.29. The molecule has 0 radical (unpaired) electrons. The van der Waals surface area contributed by atoms with Crippen LogP contribution in [-0.4, -0.2) is 33.9 Å². The number of hydrogen-bond donors (Lipinski definition) is 3. The fraction of sp³-hybridized carbons (Fsp3) is 0.682. The minimum absolute atomic E-state index is 0.0171. The minimum Gasteiger partial charge on any atom is -0.352 e. The highest BCUT2D eigenvalue weighted by Gasteiger charge is 2.41. The Labute approximate surface area is 166 Å². The van der Waals surface area contributed by atoms with E-state index < -0.39 is 0 Å². The van der Waals surface area contributed by atoms with Gasteiger partial charge < -0.3 is 16.0 Å². The summed E-state index contributed by atoms with van der Waals surface area (Å²) >= 11 is 0. The number of nitrogens with two attached hydrogens (primary N) is 1. The summed E-state index contributed by atoms with van der Waals surface area (Å²) in [6.45, 7) is 1.53. The van der Waals surface area contributed by atoms with Gasteiger partial charge in [-0.2, -0.15) is 0 Å². The van der Waals surface area contributed by atoms with E-state index >= 15 is 0 Å². The monoisotopic (exact) mass is 381 g/mol. The summed E-state index contributed by atoms with van der Waals surface area (Å²) in [6, 6.07) is 1.81. The molecule has 3 fully saturated rings. The number of H-pyrrole nitrogens is 1. The van der Waals surface area contributed by atoms with Gasteiger partial charge in [-0.3, -0.25) is 4.79 Å². The number of rotatable bonds is 5. The quantitative estimate of drug-likeness (QED) is 0.740. The summed E-state index contributed by atoms with van der Waals surface area (Å²) < 4.78 is 0. The molecule has 0 aliphatic heterocycles. The second kappa shape index (κ2) is 7.47. The maximum Gasteiger partial charge on any atom is 0.253 e. The fourth-order valence-electron chi connectivity index (χ4n) is 5.88. The lowest BCUT2D eigenvalue weighted by atomic mass is 9.82. The first kappa shape index (κ1) is 18.1. The third kappa shape index (κ3) is 3.32. The van der Waals surface area contributed by atoms with Crippen LogP contribution in [0.4, 0.5) is 0 Å². The number of aromatic amines is 1. The molecular formula is C22H31N5O. The van der Waals surface area contributed by atoms with Crippen molar-refractivity contribution >= 4 is 17.1 Å². The summed E-state index contributed by atoms with van der Waals surface area (Å²) in [5, 5.41) is 3.15. The van der Waals surface area contributed by atoms with Crippen LogP contribution in [0.3, 0.4) is 0 Å². The minimum atomic E-state index is -0.0171. The van der Waals surface area contributed by atoms with Gasteiger partial charge in [-0.25, -0.2) is 9.97 Å². The number of fused-ring (bicyclic) bond motifs is 3. The summed E-state index contributed by atoms with van der Waals surface area (Å²) in [4.78, 5) is 25.5. The Bertz CT molecular complexity index is 854. The van der Waals surface area contributed by atoms with Gasteiger partial charge in [0.2, 0.25) is 0 Å². The molecule has 6 heteroatoms. The van der Waals surface area contributed by atoms with Crippen LogP contribution >= 0.6 is 0 Å². The molecule has 3 saturated carbocycles. The zero-order chi connectivity index (χ0) is 19.1. The Kier molecular flexibility index (Phi) is 4.83. The van der Waals surface area contributed by atoms with Crippen LogP contribution in [0.15, 0.2) is 12.3 Å². The van der Waals surface area contributed by atoms with Crippen molar-refractivity contribution in [2.45, 2.75) is 57.3 Å². The molecular weight excluding hydrogens is 350 g/mol. The van der Waals surface area contributed by atoms with Gasteiger partial charge in [-0.1, -0.05) is 6.42 Å². The Morgan fingerprint density at radius 1 is 1.14 bits per heavy atom. The smallest absolute Gasteiger partial charge is 0.253 e. The van der Waals surface area contributed by atoms with Gasteiger partial charge in [0.15, 0.2) is 5.65 Å². The Morgan fingerprint density at radius 3 is 2.68 bits per heavy atom. The summed E-state index contributed by atoms with van der Waals surface area (Å²) in [5.41, 5.74) is 7.92. The zero-order valence-corrected chi connectivity index (χ0v) is 16.5. The van der Waals surface area contributed by atoms with Gasteiger partial charge in [0.1, 0.15) is 5.82 Å². The topological polar surface area (TPSA) is 96.7 Å². The number of nitrogens with zero attached hydrogens (tertiary/aromatic N) is 2. The summed E-state index contributed by atoms with van der Waals surface area (Å²) in [7, 11) is 0. The number of aromatic nitrogens is 3. The third-order valence-corrected chi connectivity index (χ3v) is 7.60. The van der Waals surface area contributed by atoms with Crippen molar-refractivity contribution in [3.8, 4) is 0 Å². The number of imidazole rings is 1. The van der Waals surface area contributed by atoms with Crippen LogP contribution < -0.4 is 11.1 Å². The van der Waals surface area contributed by atoms with Crippen LogP contribution in [0.1, 0.15) is 73.5 Å². The molecule has 2 bridgehead atoms. The van der Waals surface area contributed by atoms with E-state index in [1.165, 1.54) is 38.5 Å². The number of pyridine rings is 1. The predicted molar refractivity (Wildman–Crippen MR) is 109 cm³/mol. The first-order valence-electron chi connectivity index (χ1n) is 11.0. The van der Waals surface area contributed by atoms with E-state index in [9.17, 15) is 4.79 Å². The standard InChI is InChI=1S/C22H31N5O/c23-11-13-1-3-14(4-2-13)12-25-22(28)17-7-8-24-21-19(17)26-20(27-21)18-10-15-5-6-16(18)9-15/h7-8,13-16,18H,1-6,9-12,23H2,(H,25,28)(H,24,26,27). The highest BCUT2D eigenvalue weighted by atomic mass is 16.1. The average molecular weight is 382 g/mol. The normalized spacial score (nSPS) is 32.1. The summed E-state index contributed by atoms with van der Waals surface area (Å²) in [5.74, 6) is 4.39. The molecule has 2 aromatic heterocycles. The molecule has 6 nitrogen and oxygen atoms in total. The maximum absolute atomic E-state index is 12.9. The van der Waals surface area contributed by atoms with Crippen LogP contribution in [0, 0.1) is 23.7 Å². The Balaban J connectivity index is 1.28.